The number of rotatable bonds is 3. The average Bonchev–Trinajstić information content (AvgIpc) is 3.14. The highest BCUT2D eigenvalue weighted by Gasteiger charge is 2.54. The molecular formula is C24H28N2O3. The van der Waals surface area contributed by atoms with Crippen molar-refractivity contribution < 1.29 is 14.3 Å². The van der Waals surface area contributed by atoms with Crippen LogP contribution < -0.4 is 5.32 Å². The number of hydrogen-bond donors (Lipinski definition) is 1. The first-order valence-electron chi connectivity index (χ1n) is 10.6. The zero-order valence-electron chi connectivity index (χ0n) is 17.1. The van der Waals surface area contributed by atoms with Crippen LogP contribution in [0.3, 0.4) is 0 Å². The molecule has 1 aliphatic heterocycles. The fraction of sp³-hybridized carbons (Fsp3) is 0.500. The molecule has 2 aliphatic carbocycles. The van der Waals surface area contributed by atoms with Gasteiger partial charge in [0.25, 0.3) is 0 Å². The molecule has 1 spiro atoms. The lowest BCUT2D eigenvalue weighted by atomic mass is 9.52. The summed E-state index contributed by atoms with van der Waals surface area (Å²) in [6.07, 6.45) is 7.74. The molecule has 5 rings (SSSR count). The lowest BCUT2D eigenvalue weighted by Crippen LogP contribution is -2.52. The number of amides is 1. The quantitative estimate of drug-likeness (QED) is 0.770. The van der Waals surface area contributed by atoms with E-state index in [4.69, 9.17) is 9.47 Å². The van der Waals surface area contributed by atoms with Crippen LogP contribution in [0.5, 0.6) is 0 Å². The van der Waals surface area contributed by atoms with Crippen LogP contribution in [-0.2, 0) is 14.3 Å². The Hall–Kier alpha value is -2.24. The predicted octanol–water partition coefficient (Wildman–Crippen LogP) is 4.69. The van der Waals surface area contributed by atoms with Gasteiger partial charge in [-0.1, -0.05) is 43.7 Å². The van der Waals surface area contributed by atoms with Crippen molar-refractivity contribution in [3.05, 3.63) is 48.2 Å². The van der Waals surface area contributed by atoms with E-state index >= 15 is 0 Å². The Morgan fingerprint density at radius 3 is 2.76 bits per heavy atom. The van der Waals surface area contributed by atoms with Gasteiger partial charge in [-0.2, -0.15) is 0 Å². The number of aromatic nitrogens is 1. The Morgan fingerprint density at radius 2 is 1.97 bits per heavy atom. The average molecular weight is 392 g/mol. The van der Waals surface area contributed by atoms with E-state index in [1.54, 1.807) is 6.20 Å². The van der Waals surface area contributed by atoms with Crippen molar-refractivity contribution in [3.8, 4) is 0 Å². The third-order valence-corrected chi connectivity index (χ3v) is 6.86. The summed E-state index contributed by atoms with van der Waals surface area (Å²) in [5, 5.41) is 4.21. The summed E-state index contributed by atoms with van der Waals surface area (Å²) in [7, 11) is 0. The van der Waals surface area contributed by atoms with Crippen LogP contribution in [0.4, 0.5) is 5.69 Å². The van der Waals surface area contributed by atoms with Crippen molar-refractivity contribution in [2.75, 3.05) is 18.5 Å². The SMILES string of the molecule is CC1(C)C[C@H](C2=CCCC3(C2)OCCO3)[C@@H]1C(=O)Nc1cccc2cccnc12. The first kappa shape index (κ1) is 18.8. The van der Waals surface area contributed by atoms with Gasteiger partial charge in [0.1, 0.15) is 0 Å². The lowest BCUT2D eigenvalue weighted by Gasteiger charge is -2.52. The minimum absolute atomic E-state index is 0.0321. The number of carbonyl (C=O) groups excluding carboxylic acids is 1. The predicted molar refractivity (Wildman–Crippen MR) is 112 cm³/mol. The van der Waals surface area contributed by atoms with Gasteiger partial charge in [0, 0.05) is 30.3 Å². The number of para-hydroxylation sites is 1. The number of nitrogens with zero attached hydrogens (tertiary/aromatic N) is 1. The molecule has 3 aliphatic rings. The van der Waals surface area contributed by atoms with Crippen LogP contribution in [0, 0.1) is 17.3 Å². The van der Waals surface area contributed by atoms with E-state index in [1.807, 2.05) is 30.3 Å². The minimum atomic E-state index is -0.454. The van der Waals surface area contributed by atoms with Crippen LogP contribution in [0.2, 0.25) is 0 Å². The molecule has 1 amide bonds. The fourth-order valence-electron chi connectivity index (χ4n) is 5.47. The summed E-state index contributed by atoms with van der Waals surface area (Å²) < 4.78 is 11.9. The normalized spacial score (nSPS) is 27.4. The molecule has 5 heteroatoms. The van der Waals surface area contributed by atoms with Crippen LogP contribution in [0.25, 0.3) is 10.9 Å². The number of anilines is 1. The maximum absolute atomic E-state index is 13.4. The van der Waals surface area contributed by atoms with Gasteiger partial charge >= 0.3 is 0 Å². The topological polar surface area (TPSA) is 60.5 Å². The number of carbonyl (C=O) groups is 1. The summed E-state index contributed by atoms with van der Waals surface area (Å²) in [5.74, 6) is -0.190. The molecule has 1 aromatic carbocycles. The number of allylic oxidation sites excluding steroid dienone is 1. The Balaban J connectivity index is 1.38. The molecule has 29 heavy (non-hydrogen) atoms. The highest BCUT2D eigenvalue weighted by molar-refractivity contribution is 6.01. The summed E-state index contributed by atoms with van der Waals surface area (Å²) in [4.78, 5) is 17.9. The van der Waals surface area contributed by atoms with E-state index in [1.165, 1.54) is 5.57 Å². The Labute approximate surface area is 171 Å². The molecule has 5 nitrogen and oxygen atoms in total. The van der Waals surface area contributed by atoms with Crippen molar-refractivity contribution in [1.82, 2.24) is 4.98 Å². The van der Waals surface area contributed by atoms with Crippen LogP contribution >= 0.6 is 0 Å². The molecule has 2 heterocycles. The molecular weight excluding hydrogens is 364 g/mol. The maximum atomic E-state index is 13.4. The molecule has 2 atom stereocenters. The molecule has 0 radical (unpaired) electrons. The number of fused-ring (bicyclic) bond motifs is 1. The second-order valence-electron chi connectivity index (χ2n) is 9.25. The zero-order valence-corrected chi connectivity index (χ0v) is 17.1. The van der Waals surface area contributed by atoms with Crippen molar-refractivity contribution in [2.45, 2.75) is 45.3 Å². The standard InChI is InChI=1S/C24H28N2O3/c1-23(2)15-18(17-7-4-10-24(14-17)28-12-13-29-24)20(23)22(27)26-19-9-3-6-16-8-5-11-25-21(16)19/h3,5-9,11,18,20H,4,10,12-15H2,1-2H3,(H,26,27)/t18-,20-/m1/s1. The molecule has 2 fully saturated rings. The number of nitrogens with one attached hydrogen (secondary N) is 1. The molecule has 0 unspecified atom stereocenters. The molecule has 1 saturated heterocycles. The van der Waals surface area contributed by atoms with Crippen molar-refractivity contribution in [3.63, 3.8) is 0 Å². The van der Waals surface area contributed by atoms with Gasteiger partial charge in [-0.05, 0) is 36.3 Å². The van der Waals surface area contributed by atoms with E-state index in [0.29, 0.717) is 13.2 Å². The van der Waals surface area contributed by atoms with Gasteiger partial charge in [0.2, 0.25) is 5.91 Å². The third kappa shape index (κ3) is 3.26. The lowest BCUT2D eigenvalue weighted by molar-refractivity contribution is -0.167. The van der Waals surface area contributed by atoms with Crippen LogP contribution in [0.1, 0.15) is 39.5 Å². The largest absolute Gasteiger partial charge is 0.347 e. The summed E-state index contributed by atoms with van der Waals surface area (Å²) in [6, 6.07) is 9.84. The number of ether oxygens (including phenoxy) is 2. The van der Waals surface area contributed by atoms with Crippen molar-refractivity contribution >= 4 is 22.5 Å². The molecule has 152 valence electrons. The fourth-order valence-corrected chi connectivity index (χ4v) is 5.47. The van der Waals surface area contributed by atoms with Gasteiger partial charge in [-0.3, -0.25) is 9.78 Å². The second-order valence-corrected chi connectivity index (χ2v) is 9.25. The maximum Gasteiger partial charge on any atom is 0.228 e. The van der Waals surface area contributed by atoms with Crippen molar-refractivity contribution in [2.24, 2.45) is 17.3 Å². The zero-order chi connectivity index (χ0) is 20.1. The van der Waals surface area contributed by atoms with E-state index < -0.39 is 5.79 Å². The molecule has 0 bridgehead atoms. The molecule has 1 saturated carbocycles. The van der Waals surface area contributed by atoms with E-state index in [0.717, 1.165) is 42.3 Å². The number of hydrogen-bond acceptors (Lipinski definition) is 4. The number of pyridine rings is 1. The number of benzene rings is 1. The van der Waals surface area contributed by atoms with E-state index in [2.05, 4.69) is 30.2 Å². The monoisotopic (exact) mass is 392 g/mol. The van der Waals surface area contributed by atoms with Crippen LogP contribution in [-0.4, -0.2) is 29.9 Å². The Kier molecular flexibility index (Phi) is 4.48. The highest BCUT2D eigenvalue weighted by atomic mass is 16.7. The Morgan fingerprint density at radius 1 is 1.17 bits per heavy atom. The van der Waals surface area contributed by atoms with Gasteiger partial charge < -0.3 is 14.8 Å². The smallest absolute Gasteiger partial charge is 0.228 e. The first-order chi connectivity index (χ1) is 14.0. The molecule has 1 N–H and O–H groups in total. The summed E-state index contributed by atoms with van der Waals surface area (Å²) in [6.45, 7) is 5.72. The summed E-state index contributed by atoms with van der Waals surface area (Å²) >= 11 is 0. The van der Waals surface area contributed by atoms with Gasteiger partial charge in [0.15, 0.2) is 5.79 Å². The molecule has 2 aromatic rings. The van der Waals surface area contributed by atoms with Gasteiger partial charge in [-0.25, -0.2) is 0 Å². The minimum Gasteiger partial charge on any atom is -0.347 e. The Bertz CT molecular complexity index is 970. The molecule has 1 aromatic heterocycles. The van der Waals surface area contributed by atoms with Crippen LogP contribution in [0.15, 0.2) is 48.2 Å². The van der Waals surface area contributed by atoms with Gasteiger partial charge in [-0.15, -0.1) is 0 Å². The third-order valence-electron chi connectivity index (χ3n) is 6.86. The van der Waals surface area contributed by atoms with E-state index in [9.17, 15) is 4.79 Å². The van der Waals surface area contributed by atoms with E-state index in [-0.39, 0.29) is 23.2 Å². The highest BCUT2D eigenvalue weighted by Crippen LogP contribution is 2.56. The van der Waals surface area contributed by atoms with Gasteiger partial charge in [0.05, 0.1) is 24.4 Å². The second kappa shape index (κ2) is 6.92. The van der Waals surface area contributed by atoms with Crippen molar-refractivity contribution in [1.29, 1.82) is 0 Å². The first-order valence-corrected chi connectivity index (χ1v) is 10.6. The summed E-state index contributed by atoms with van der Waals surface area (Å²) in [5.41, 5.74) is 2.91.